The summed E-state index contributed by atoms with van der Waals surface area (Å²) >= 11 is 0. The van der Waals surface area contributed by atoms with Gasteiger partial charge in [0.05, 0.1) is 4.90 Å². The summed E-state index contributed by atoms with van der Waals surface area (Å²) in [7, 11) is -3.52. The summed E-state index contributed by atoms with van der Waals surface area (Å²) in [6.07, 6.45) is 2.80. The molecule has 2 rings (SSSR count). The van der Waals surface area contributed by atoms with Crippen LogP contribution in [0.3, 0.4) is 0 Å². The summed E-state index contributed by atoms with van der Waals surface area (Å²) in [5.74, 6) is -0.928. The maximum atomic E-state index is 12.5. The number of hydrogen-bond donors (Lipinski definition) is 2. The van der Waals surface area contributed by atoms with E-state index in [1.54, 1.807) is 38.1 Å². The topological polar surface area (TPSA) is 95.6 Å². The van der Waals surface area contributed by atoms with Crippen molar-refractivity contribution in [2.45, 2.75) is 44.9 Å². The predicted molar refractivity (Wildman–Crippen MR) is 126 cm³/mol. The van der Waals surface area contributed by atoms with E-state index >= 15 is 0 Å². The summed E-state index contributed by atoms with van der Waals surface area (Å²) in [4.78, 5) is 24.4. The fraction of sp³-hybridized carbons (Fsp3) is 0.333. The summed E-state index contributed by atoms with van der Waals surface area (Å²) in [5, 5.41) is 0. The number of sulfonamides is 1. The highest BCUT2D eigenvalue weighted by Gasteiger charge is 2.21. The number of rotatable bonds is 7. The molecule has 0 atom stereocenters. The van der Waals surface area contributed by atoms with Gasteiger partial charge < -0.3 is 0 Å². The Hall–Kier alpha value is -2.97. The Morgan fingerprint density at radius 3 is 1.97 bits per heavy atom. The van der Waals surface area contributed by atoms with Crippen LogP contribution < -0.4 is 10.9 Å². The first-order chi connectivity index (χ1) is 15.0. The lowest BCUT2D eigenvalue weighted by molar-refractivity contribution is -0.117. The van der Waals surface area contributed by atoms with E-state index in [1.807, 2.05) is 12.1 Å². The Bertz CT molecular complexity index is 1060. The summed E-state index contributed by atoms with van der Waals surface area (Å²) in [6, 6.07) is 13.5. The molecule has 0 saturated carbocycles. The van der Waals surface area contributed by atoms with Gasteiger partial charge in [0.1, 0.15) is 0 Å². The molecule has 2 amide bonds. The summed E-state index contributed by atoms with van der Waals surface area (Å²) in [6.45, 7) is 10.6. The molecule has 0 saturated heterocycles. The van der Waals surface area contributed by atoms with Gasteiger partial charge in [-0.1, -0.05) is 58.9 Å². The van der Waals surface area contributed by atoms with Gasteiger partial charge in [-0.05, 0) is 46.9 Å². The van der Waals surface area contributed by atoms with E-state index < -0.39 is 21.8 Å². The van der Waals surface area contributed by atoms with Crippen molar-refractivity contribution in [2.75, 3.05) is 13.1 Å². The van der Waals surface area contributed by atoms with E-state index in [9.17, 15) is 18.0 Å². The van der Waals surface area contributed by atoms with Gasteiger partial charge in [-0.25, -0.2) is 8.42 Å². The minimum absolute atomic E-state index is 0.0121. The molecule has 2 aromatic carbocycles. The van der Waals surface area contributed by atoms with Crippen molar-refractivity contribution in [2.24, 2.45) is 0 Å². The molecule has 0 radical (unpaired) electrons. The first kappa shape index (κ1) is 25.3. The third-order valence-electron chi connectivity index (χ3n) is 4.96. The molecule has 7 nitrogen and oxygen atoms in total. The van der Waals surface area contributed by atoms with Crippen molar-refractivity contribution in [3.8, 4) is 0 Å². The molecular formula is C24H31N3O4S. The molecule has 0 aromatic heterocycles. The van der Waals surface area contributed by atoms with Crippen molar-refractivity contribution >= 4 is 27.9 Å². The average molecular weight is 458 g/mol. The second-order valence-electron chi connectivity index (χ2n) is 8.26. The zero-order valence-electron chi connectivity index (χ0n) is 19.2. The third-order valence-corrected chi connectivity index (χ3v) is 7.03. The van der Waals surface area contributed by atoms with Gasteiger partial charge >= 0.3 is 0 Å². The minimum atomic E-state index is -3.52. The predicted octanol–water partition coefficient (Wildman–Crippen LogP) is 3.49. The number of hydrazine groups is 1. The largest absolute Gasteiger partial charge is 0.269 e. The van der Waals surface area contributed by atoms with Crippen LogP contribution in [0.5, 0.6) is 0 Å². The molecule has 0 spiro atoms. The third kappa shape index (κ3) is 6.51. The van der Waals surface area contributed by atoms with Crippen LogP contribution in [-0.4, -0.2) is 37.6 Å². The fourth-order valence-corrected chi connectivity index (χ4v) is 4.45. The quantitative estimate of drug-likeness (QED) is 0.491. The number of nitrogens with zero attached hydrogens (tertiary/aromatic N) is 1. The molecule has 8 heteroatoms. The van der Waals surface area contributed by atoms with Crippen LogP contribution in [0.4, 0.5) is 0 Å². The minimum Gasteiger partial charge on any atom is -0.268 e. The summed E-state index contributed by atoms with van der Waals surface area (Å²) < 4.78 is 26.4. The molecule has 0 unspecified atom stereocenters. The average Bonchev–Trinajstić information content (AvgIpc) is 2.76. The molecule has 172 valence electrons. The van der Waals surface area contributed by atoms with Crippen molar-refractivity contribution < 1.29 is 18.0 Å². The van der Waals surface area contributed by atoms with E-state index in [-0.39, 0.29) is 10.3 Å². The second-order valence-corrected chi connectivity index (χ2v) is 10.2. The van der Waals surface area contributed by atoms with E-state index in [4.69, 9.17) is 0 Å². The second kappa shape index (κ2) is 10.6. The smallest absolute Gasteiger partial charge is 0.268 e. The van der Waals surface area contributed by atoms with Gasteiger partial charge in [0, 0.05) is 24.7 Å². The van der Waals surface area contributed by atoms with Crippen LogP contribution in [0.25, 0.3) is 6.08 Å². The maximum absolute atomic E-state index is 12.5. The molecule has 0 bridgehead atoms. The van der Waals surface area contributed by atoms with Gasteiger partial charge in [-0.15, -0.1) is 0 Å². The van der Waals surface area contributed by atoms with E-state index in [1.165, 1.54) is 28.6 Å². The molecule has 0 heterocycles. The number of carbonyl (C=O) groups excluding carboxylic acids is 2. The van der Waals surface area contributed by atoms with E-state index in [0.717, 1.165) is 5.56 Å². The SMILES string of the molecule is CCN(CC)S(=O)(=O)c1ccc(/C=C/C(=O)NNC(=O)c2ccc(C(C)(C)C)cc2)cc1. The van der Waals surface area contributed by atoms with E-state index in [2.05, 4.69) is 31.6 Å². The fourth-order valence-electron chi connectivity index (χ4n) is 2.99. The zero-order valence-corrected chi connectivity index (χ0v) is 20.0. The van der Waals surface area contributed by atoms with Gasteiger partial charge in [0.25, 0.3) is 11.8 Å². The standard InChI is InChI=1S/C24H31N3O4S/c1-6-27(7-2)32(30,31)21-15-8-18(9-16-21)10-17-22(28)25-26-23(29)19-11-13-20(14-12-19)24(3,4)5/h8-17H,6-7H2,1-5H3,(H,25,28)(H,26,29)/b17-10+. The van der Waals surface area contributed by atoms with Crippen molar-refractivity contribution in [3.05, 3.63) is 71.3 Å². The van der Waals surface area contributed by atoms with E-state index in [0.29, 0.717) is 24.2 Å². The highest BCUT2D eigenvalue weighted by molar-refractivity contribution is 7.89. The van der Waals surface area contributed by atoms with Gasteiger partial charge in [0.2, 0.25) is 10.0 Å². The number of carbonyl (C=O) groups is 2. The molecule has 32 heavy (non-hydrogen) atoms. The molecule has 0 aliphatic carbocycles. The van der Waals surface area contributed by atoms with Gasteiger partial charge in [-0.3, -0.25) is 20.4 Å². The van der Waals surface area contributed by atoms with Crippen molar-refractivity contribution in [1.29, 1.82) is 0 Å². The Balaban J connectivity index is 1.94. The number of nitrogens with one attached hydrogen (secondary N) is 2. The lowest BCUT2D eigenvalue weighted by atomic mass is 9.87. The van der Waals surface area contributed by atoms with Crippen LogP contribution in [0, 0.1) is 0 Å². The van der Waals surface area contributed by atoms with Crippen LogP contribution in [-0.2, 0) is 20.2 Å². The van der Waals surface area contributed by atoms with Crippen LogP contribution >= 0.6 is 0 Å². The van der Waals surface area contributed by atoms with Crippen molar-refractivity contribution in [3.63, 3.8) is 0 Å². The lowest BCUT2D eigenvalue weighted by Crippen LogP contribution is -2.40. The van der Waals surface area contributed by atoms with Gasteiger partial charge in [0.15, 0.2) is 0 Å². The molecule has 0 aliphatic heterocycles. The Kier molecular flexibility index (Phi) is 8.35. The maximum Gasteiger partial charge on any atom is 0.269 e. The molecule has 2 N–H and O–H groups in total. The molecule has 0 aliphatic rings. The Morgan fingerprint density at radius 1 is 0.906 bits per heavy atom. The van der Waals surface area contributed by atoms with Crippen LogP contribution in [0.1, 0.15) is 56.1 Å². The number of hydrogen-bond acceptors (Lipinski definition) is 4. The monoisotopic (exact) mass is 457 g/mol. The van der Waals surface area contributed by atoms with Crippen LogP contribution in [0.2, 0.25) is 0 Å². The lowest BCUT2D eigenvalue weighted by Gasteiger charge is -2.19. The number of amides is 2. The Labute approximate surface area is 190 Å². The first-order valence-corrected chi connectivity index (χ1v) is 11.9. The molecule has 0 fully saturated rings. The van der Waals surface area contributed by atoms with Gasteiger partial charge in [-0.2, -0.15) is 4.31 Å². The highest BCUT2D eigenvalue weighted by Crippen LogP contribution is 2.22. The normalized spacial score (nSPS) is 12.2. The van der Waals surface area contributed by atoms with Crippen molar-refractivity contribution in [1.82, 2.24) is 15.2 Å². The molecule has 2 aromatic rings. The first-order valence-electron chi connectivity index (χ1n) is 10.5. The number of benzene rings is 2. The summed E-state index contributed by atoms with van der Waals surface area (Å²) in [5.41, 5.74) is 6.90. The Morgan fingerprint density at radius 2 is 1.47 bits per heavy atom. The zero-order chi connectivity index (χ0) is 23.9. The van der Waals surface area contributed by atoms with Crippen LogP contribution in [0.15, 0.2) is 59.5 Å². The molecular weight excluding hydrogens is 426 g/mol. The highest BCUT2D eigenvalue weighted by atomic mass is 32.2.